The van der Waals surface area contributed by atoms with E-state index in [4.69, 9.17) is 4.74 Å². The lowest BCUT2D eigenvalue weighted by molar-refractivity contribution is -0.139. The molecule has 0 amide bonds. The number of aryl methyl sites for hydroxylation is 3. The topological polar surface area (TPSA) is 26.3 Å². The number of benzene rings is 1. The average molecular weight is 242 g/mol. The summed E-state index contributed by atoms with van der Waals surface area (Å²) in [6.45, 7) is 4.31. The smallest absolute Gasteiger partial charge is 0.331 e. The quantitative estimate of drug-likeness (QED) is 0.707. The molecule has 2 nitrogen and oxygen atoms in total. The molecule has 0 saturated carbocycles. The van der Waals surface area contributed by atoms with Crippen molar-refractivity contribution < 1.29 is 9.53 Å². The molecule has 0 spiro atoms. The Labute approximate surface area is 108 Å². The maximum absolute atomic E-state index is 11.2. The number of carbonyl (C=O) groups is 1. The molecule has 2 heteroatoms. The third-order valence-electron chi connectivity index (χ3n) is 4.19. The first-order valence-corrected chi connectivity index (χ1v) is 6.64. The molecule has 0 radical (unpaired) electrons. The summed E-state index contributed by atoms with van der Waals surface area (Å²) in [5, 5.41) is 0. The summed E-state index contributed by atoms with van der Waals surface area (Å²) in [6, 6.07) is 4.59. The van der Waals surface area contributed by atoms with Gasteiger partial charge in [-0.2, -0.15) is 0 Å². The van der Waals surface area contributed by atoms with Crippen LogP contribution in [0.3, 0.4) is 0 Å². The SMILES string of the molecule is Cc1cc2c(cc1C)C(C1C=CC(=O)O1)CCC2. The van der Waals surface area contributed by atoms with Crippen LogP contribution in [0.1, 0.15) is 41.0 Å². The van der Waals surface area contributed by atoms with Gasteiger partial charge in [0, 0.05) is 12.0 Å². The third kappa shape index (κ3) is 1.86. The zero-order valence-electron chi connectivity index (χ0n) is 10.9. The molecule has 0 aromatic heterocycles. The lowest BCUT2D eigenvalue weighted by atomic mass is 9.78. The van der Waals surface area contributed by atoms with Gasteiger partial charge in [0.05, 0.1) is 0 Å². The predicted molar refractivity (Wildman–Crippen MR) is 70.6 cm³/mol. The van der Waals surface area contributed by atoms with Crippen LogP contribution in [0.4, 0.5) is 0 Å². The zero-order chi connectivity index (χ0) is 12.7. The molecule has 0 bridgehead atoms. The van der Waals surface area contributed by atoms with E-state index in [0.717, 1.165) is 12.8 Å². The van der Waals surface area contributed by atoms with Gasteiger partial charge in [-0.15, -0.1) is 0 Å². The molecule has 1 aliphatic heterocycles. The monoisotopic (exact) mass is 242 g/mol. The van der Waals surface area contributed by atoms with Crippen molar-refractivity contribution in [1.82, 2.24) is 0 Å². The Balaban J connectivity index is 1.99. The van der Waals surface area contributed by atoms with E-state index in [1.165, 1.54) is 28.7 Å². The number of hydrogen-bond acceptors (Lipinski definition) is 2. The Morgan fingerprint density at radius 2 is 2.00 bits per heavy atom. The van der Waals surface area contributed by atoms with E-state index < -0.39 is 0 Å². The van der Waals surface area contributed by atoms with Crippen LogP contribution in [-0.2, 0) is 16.0 Å². The van der Waals surface area contributed by atoms with Gasteiger partial charge in [-0.3, -0.25) is 0 Å². The van der Waals surface area contributed by atoms with Crippen molar-refractivity contribution in [3.05, 3.63) is 46.5 Å². The molecule has 1 aromatic carbocycles. The van der Waals surface area contributed by atoms with Crippen molar-refractivity contribution in [3.63, 3.8) is 0 Å². The molecule has 0 N–H and O–H groups in total. The van der Waals surface area contributed by atoms with Crippen molar-refractivity contribution in [2.75, 3.05) is 0 Å². The molecule has 0 saturated heterocycles. The molecule has 2 aliphatic rings. The second-order valence-electron chi connectivity index (χ2n) is 5.39. The molecule has 0 fully saturated rings. The number of esters is 1. The van der Waals surface area contributed by atoms with Crippen molar-refractivity contribution in [1.29, 1.82) is 0 Å². The predicted octanol–water partition coefficient (Wildman–Crippen LogP) is 3.20. The van der Waals surface area contributed by atoms with Crippen LogP contribution in [0.25, 0.3) is 0 Å². The molecular weight excluding hydrogens is 224 g/mol. The highest BCUT2D eigenvalue weighted by atomic mass is 16.5. The number of carbonyl (C=O) groups excluding carboxylic acids is 1. The van der Waals surface area contributed by atoms with Gasteiger partial charge in [0.25, 0.3) is 0 Å². The number of rotatable bonds is 1. The van der Waals surface area contributed by atoms with E-state index in [0.29, 0.717) is 5.92 Å². The van der Waals surface area contributed by atoms with E-state index in [-0.39, 0.29) is 12.1 Å². The van der Waals surface area contributed by atoms with Gasteiger partial charge in [-0.05, 0) is 61.4 Å². The third-order valence-corrected chi connectivity index (χ3v) is 4.19. The number of fused-ring (bicyclic) bond motifs is 1. The van der Waals surface area contributed by atoms with Crippen LogP contribution in [-0.4, -0.2) is 12.1 Å². The van der Waals surface area contributed by atoms with Crippen molar-refractivity contribution in [2.45, 2.75) is 45.1 Å². The van der Waals surface area contributed by atoms with Gasteiger partial charge >= 0.3 is 5.97 Å². The van der Waals surface area contributed by atoms with Crippen LogP contribution < -0.4 is 0 Å². The summed E-state index contributed by atoms with van der Waals surface area (Å²) in [5.41, 5.74) is 5.50. The van der Waals surface area contributed by atoms with E-state index in [9.17, 15) is 4.79 Å². The van der Waals surface area contributed by atoms with Crippen molar-refractivity contribution >= 4 is 5.97 Å². The minimum atomic E-state index is -0.198. The Kier molecular flexibility index (Phi) is 2.73. The van der Waals surface area contributed by atoms with Gasteiger partial charge in [0.2, 0.25) is 0 Å². The summed E-state index contributed by atoms with van der Waals surface area (Å²) in [6.07, 6.45) is 6.85. The van der Waals surface area contributed by atoms with E-state index in [1.54, 1.807) is 6.08 Å². The van der Waals surface area contributed by atoms with Crippen LogP contribution in [0.5, 0.6) is 0 Å². The molecule has 1 aromatic rings. The minimum absolute atomic E-state index is 0.0568. The highest BCUT2D eigenvalue weighted by Gasteiger charge is 2.31. The fraction of sp³-hybridized carbons (Fsp3) is 0.438. The van der Waals surface area contributed by atoms with Gasteiger partial charge in [-0.1, -0.05) is 12.1 Å². The van der Waals surface area contributed by atoms with Gasteiger partial charge in [0.1, 0.15) is 6.10 Å². The summed E-state index contributed by atoms with van der Waals surface area (Å²) >= 11 is 0. The summed E-state index contributed by atoms with van der Waals surface area (Å²) < 4.78 is 5.38. The standard InChI is InChI=1S/C16H18O2/c1-10-8-12-4-3-5-13(14(12)9-11(10)2)15-6-7-16(17)18-15/h6-9,13,15H,3-5H2,1-2H3. The van der Waals surface area contributed by atoms with Gasteiger partial charge in [0.15, 0.2) is 0 Å². The zero-order valence-corrected chi connectivity index (χ0v) is 10.9. The Bertz CT molecular complexity index is 528. The molecule has 1 aliphatic carbocycles. The highest BCUT2D eigenvalue weighted by molar-refractivity contribution is 5.84. The first-order chi connectivity index (χ1) is 8.65. The average Bonchev–Trinajstić information content (AvgIpc) is 2.77. The highest BCUT2D eigenvalue weighted by Crippen LogP contribution is 2.38. The Hall–Kier alpha value is -1.57. The lowest BCUT2D eigenvalue weighted by Gasteiger charge is -2.29. The Morgan fingerprint density at radius 1 is 1.22 bits per heavy atom. The molecule has 18 heavy (non-hydrogen) atoms. The summed E-state index contributed by atoms with van der Waals surface area (Å²) in [7, 11) is 0. The van der Waals surface area contributed by atoms with Crippen LogP contribution in [0.2, 0.25) is 0 Å². The summed E-state index contributed by atoms with van der Waals surface area (Å²) in [5.74, 6) is 0.145. The van der Waals surface area contributed by atoms with Gasteiger partial charge in [-0.25, -0.2) is 4.79 Å². The fourth-order valence-electron chi connectivity index (χ4n) is 3.07. The van der Waals surface area contributed by atoms with E-state index >= 15 is 0 Å². The lowest BCUT2D eigenvalue weighted by Crippen LogP contribution is -2.23. The second kappa shape index (κ2) is 4.27. The maximum Gasteiger partial charge on any atom is 0.331 e. The number of cyclic esters (lactones) is 1. The summed E-state index contributed by atoms with van der Waals surface area (Å²) in [4.78, 5) is 11.2. The van der Waals surface area contributed by atoms with E-state index in [1.807, 2.05) is 6.08 Å². The fourth-order valence-corrected chi connectivity index (χ4v) is 3.07. The molecule has 2 unspecified atom stereocenters. The van der Waals surface area contributed by atoms with Crippen LogP contribution in [0.15, 0.2) is 24.3 Å². The maximum atomic E-state index is 11.2. The Morgan fingerprint density at radius 3 is 2.72 bits per heavy atom. The minimum Gasteiger partial charge on any atom is -0.454 e. The normalized spacial score (nSPS) is 26.0. The number of hydrogen-bond donors (Lipinski definition) is 0. The molecular formula is C16H18O2. The van der Waals surface area contributed by atoms with E-state index in [2.05, 4.69) is 26.0 Å². The molecule has 94 valence electrons. The molecule has 1 heterocycles. The molecule has 3 rings (SSSR count). The van der Waals surface area contributed by atoms with Crippen molar-refractivity contribution in [3.8, 4) is 0 Å². The molecule has 2 atom stereocenters. The van der Waals surface area contributed by atoms with Gasteiger partial charge < -0.3 is 4.74 Å². The van der Waals surface area contributed by atoms with Crippen molar-refractivity contribution in [2.24, 2.45) is 0 Å². The first-order valence-electron chi connectivity index (χ1n) is 6.64. The van der Waals surface area contributed by atoms with Crippen LogP contribution >= 0.6 is 0 Å². The second-order valence-corrected chi connectivity index (χ2v) is 5.39. The van der Waals surface area contributed by atoms with Crippen LogP contribution in [0, 0.1) is 13.8 Å². The number of ether oxygens (including phenoxy) is 1. The largest absolute Gasteiger partial charge is 0.454 e. The first kappa shape index (κ1) is 11.5.